The van der Waals surface area contributed by atoms with Gasteiger partial charge in [-0.1, -0.05) is 37.6 Å². The Morgan fingerprint density at radius 2 is 1.78 bits per heavy atom. The van der Waals surface area contributed by atoms with Crippen LogP contribution in [0.2, 0.25) is 5.02 Å². The predicted octanol–water partition coefficient (Wildman–Crippen LogP) is 5.90. The zero-order chi connectivity index (χ0) is 19.4. The second-order valence-corrected chi connectivity index (χ2v) is 7.45. The van der Waals surface area contributed by atoms with Crippen molar-refractivity contribution in [2.45, 2.75) is 57.5 Å². The molecular weight excluding hydrogens is 360 g/mol. The maximum Gasteiger partial charge on any atom is 0.219 e. The molecule has 2 atom stereocenters. The van der Waals surface area contributed by atoms with Gasteiger partial charge >= 0.3 is 0 Å². The average molecular weight is 389 g/mol. The highest BCUT2D eigenvalue weighted by molar-refractivity contribution is 6.30. The molecular formula is C22H29ClN2O2. The van der Waals surface area contributed by atoms with Crippen LogP contribution in [0.5, 0.6) is 17.4 Å². The third kappa shape index (κ3) is 4.22. The first-order valence-electron chi connectivity index (χ1n) is 9.84. The quantitative estimate of drug-likeness (QED) is 0.652. The highest BCUT2D eigenvalue weighted by Crippen LogP contribution is 2.47. The van der Waals surface area contributed by atoms with E-state index in [2.05, 4.69) is 23.0 Å². The summed E-state index contributed by atoms with van der Waals surface area (Å²) < 4.78 is 11.7. The van der Waals surface area contributed by atoms with E-state index in [1.165, 1.54) is 31.2 Å². The lowest BCUT2D eigenvalue weighted by atomic mass is 9.84. The number of para-hydroxylation sites is 1. The second kappa shape index (κ2) is 8.94. The molecule has 2 bridgehead atoms. The summed E-state index contributed by atoms with van der Waals surface area (Å²) in [5, 5.41) is 0.592. The van der Waals surface area contributed by atoms with Crippen molar-refractivity contribution in [2.24, 2.45) is 0 Å². The fourth-order valence-electron chi connectivity index (χ4n) is 4.35. The zero-order valence-corrected chi connectivity index (χ0v) is 17.4. The van der Waals surface area contributed by atoms with Gasteiger partial charge in [-0.25, -0.2) is 4.98 Å². The Labute approximate surface area is 167 Å². The molecule has 4 nitrogen and oxygen atoms in total. The maximum atomic E-state index is 5.97. The minimum absolute atomic E-state index is 0.517. The minimum Gasteiger partial charge on any atom is -0.493 e. The zero-order valence-electron chi connectivity index (χ0n) is 16.6. The number of piperidine rings is 1. The summed E-state index contributed by atoms with van der Waals surface area (Å²) >= 11 is 5.90. The first-order chi connectivity index (χ1) is 13.2. The Morgan fingerprint density at radius 3 is 2.37 bits per heavy atom. The van der Waals surface area contributed by atoms with Crippen LogP contribution in [0.3, 0.4) is 0 Å². The topological polar surface area (TPSA) is 34.6 Å². The number of aromatic nitrogens is 1. The van der Waals surface area contributed by atoms with E-state index in [1.54, 1.807) is 25.4 Å². The summed E-state index contributed by atoms with van der Waals surface area (Å²) in [4.78, 5) is 6.78. The number of pyridine rings is 1. The van der Waals surface area contributed by atoms with Crippen LogP contribution in [-0.4, -0.2) is 36.1 Å². The van der Waals surface area contributed by atoms with Gasteiger partial charge in [0.2, 0.25) is 5.88 Å². The number of rotatable bonds is 4. The van der Waals surface area contributed by atoms with Gasteiger partial charge in [0.05, 0.1) is 12.1 Å². The highest BCUT2D eigenvalue weighted by atomic mass is 35.5. The van der Waals surface area contributed by atoms with Gasteiger partial charge in [-0.05, 0) is 50.8 Å². The molecule has 2 aromatic rings. The summed E-state index contributed by atoms with van der Waals surface area (Å²) in [5.41, 5.74) is 1.25. The van der Waals surface area contributed by atoms with E-state index in [4.69, 9.17) is 21.1 Å². The molecule has 2 aliphatic rings. The number of nitrogens with zero attached hydrogens (tertiary/aromatic N) is 2. The van der Waals surface area contributed by atoms with Crippen molar-refractivity contribution in [3.8, 4) is 17.4 Å². The molecule has 2 aliphatic heterocycles. The number of hydrogen-bond donors (Lipinski definition) is 0. The van der Waals surface area contributed by atoms with E-state index in [0.717, 1.165) is 5.75 Å². The smallest absolute Gasteiger partial charge is 0.219 e. The van der Waals surface area contributed by atoms with Crippen LogP contribution in [0.4, 0.5) is 0 Å². The fraction of sp³-hybridized carbons (Fsp3) is 0.500. The van der Waals surface area contributed by atoms with Gasteiger partial charge in [0.25, 0.3) is 0 Å². The van der Waals surface area contributed by atoms with Crippen molar-refractivity contribution in [3.63, 3.8) is 0 Å². The van der Waals surface area contributed by atoms with Crippen molar-refractivity contribution < 1.29 is 9.47 Å². The standard InChI is InChI=1S/C20H23ClN2O2.C2H6/c1-23-15-7-8-16(23)11-13(10-15)17-4-3-5-18(20(17)24-2)25-19-9-6-14(21)12-22-19;1-2/h3-6,9,12-13,15-16H,7-8,10-11H2,1-2H3;1-2H3. The number of halogens is 1. The van der Waals surface area contributed by atoms with Gasteiger partial charge in [0.15, 0.2) is 11.5 Å². The van der Waals surface area contributed by atoms with Gasteiger partial charge in [-0.15, -0.1) is 0 Å². The first-order valence-corrected chi connectivity index (χ1v) is 10.2. The number of hydrogen-bond acceptors (Lipinski definition) is 4. The molecule has 0 amide bonds. The molecule has 0 aliphatic carbocycles. The minimum atomic E-state index is 0.517. The lowest BCUT2D eigenvalue weighted by Gasteiger charge is -2.37. The van der Waals surface area contributed by atoms with E-state index in [9.17, 15) is 0 Å². The van der Waals surface area contributed by atoms with E-state index in [-0.39, 0.29) is 0 Å². The molecule has 0 spiro atoms. The molecule has 2 fully saturated rings. The number of fused-ring (bicyclic) bond motifs is 2. The Hall–Kier alpha value is -1.78. The Morgan fingerprint density at radius 1 is 1.07 bits per heavy atom. The molecule has 3 heterocycles. The summed E-state index contributed by atoms with van der Waals surface area (Å²) in [6.45, 7) is 4.00. The third-order valence-electron chi connectivity index (χ3n) is 5.67. The van der Waals surface area contributed by atoms with Crippen LogP contribution >= 0.6 is 11.6 Å². The molecule has 0 radical (unpaired) electrons. The molecule has 146 valence electrons. The average Bonchev–Trinajstić information content (AvgIpc) is 2.91. The van der Waals surface area contributed by atoms with E-state index in [0.29, 0.717) is 34.7 Å². The Bertz CT molecular complexity index is 736. The first kappa shape index (κ1) is 20.0. The molecule has 0 saturated carbocycles. The van der Waals surface area contributed by atoms with Crippen LogP contribution in [-0.2, 0) is 0 Å². The molecule has 5 heteroatoms. The molecule has 0 N–H and O–H groups in total. The molecule has 4 rings (SSSR count). The van der Waals surface area contributed by atoms with Gasteiger partial charge in [0, 0.05) is 29.9 Å². The van der Waals surface area contributed by atoms with Crippen LogP contribution in [0.25, 0.3) is 0 Å². The van der Waals surface area contributed by atoms with E-state index in [1.807, 2.05) is 26.0 Å². The summed E-state index contributed by atoms with van der Waals surface area (Å²) in [5.74, 6) is 2.57. The van der Waals surface area contributed by atoms with Crippen LogP contribution in [0.15, 0.2) is 36.5 Å². The lowest BCUT2D eigenvalue weighted by Crippen LogP contribution is -2.39. The van der Waals surface area contributed by atoms with Gasteiger partial charge < -0.3 is 14.4 Å². The van der Waals surface area contributed by atoms with E-state index >= 15 is 0 Å². The van der Waals surface area contributed by atoms with Crippen LogP contribution in [0.1, 0.15) is 51.0 Å². The van der Waals surface area contributed by atoms with Gasteiger partial charge in [-0.2, -0.15) is 0 Å². The summed E-state index contributed by atoms with van der Waals surface area (Å²) in [6.07, 6.45) is 6.58. The third-order valence-corrected chi connectivity index (χ3v) is 5.89. The SMILES string of the molecule is CC.COc1c(Oc2ccc(Cl)cn2)cccc1C1CC2CCC(C1)N2C. The van der Waals surface area contributed by atoms with Crippen molar-refractivity contribution in [1.29, 1.82) is 0 Å². The van der Waals surface area contributed by atoms with Crippen molar-refractivity contribution in [1.82, 2.24) is 9.88 Å². The van der Waals surface area contributed by atoms with E-state index < -0.39 is 0 Å². The van der Waals surface area contributed by atoms with Gasteiger partial charge in [0.1, 0.15) is 0 Å². The van der Waals surface area contributed by atoms with Crippen molar-refractivity contribution in [3.05, 3.63) is 47.1 Å². The van der Waals surface area contributed by atoms with Crippen LogP contribution < -0.4 is 9.47 Å². The van der Waals surface area contributed by atoms with Crippen LogP contribution in [0, 0.1) is 0 Å². The molecule has 2 saturated heterocycles. The van der Waals surface area contributed by atoms with Crippen molar-refractivity contribution in [2.75, 3.05) is 14.2 Å². The molecule has 1 aromatic heterocycles. The number of methoxy groups -OCH3 is 1. The molecule has 2 unspecified atom stereocenters. The summed E-state index contributed by atoms with van der Waals surface area (Å²) in [6, 6.07) is 11.1. The lowest BCUT2D eigenvalue weighted by molar-refractivity contribution is 0.160. The molecule has 1 aromatic carbocycles. The predicted molar refractivity (Wildman–Crippen MR) is 110 cm³/mol. The van der Waals surface area contributed by atoms with Crippen molar-refractivity contribution >= 4 is 11.6 Å². The maximum absolute atomic E-state index is 5.97. The Kier molecular flexibility index (Phi) is 6.61. The fourth-order valence-corrected chi connectivity index (χ4v) is 4.47. The number of ether oxygens (including phenoxy) is 2. The number of benzene rings is 1. The largest absolute Gasteiger partial charge is 0.493 e. The van der Waals surface area contributed by atoms with Gasteiger partial charge in [-0.3, -0.25) is 0 Å². The highest BCUT2D eigenvalue weighted by Gasteiger charge is 2.39. The second-order valence-electron chi connectivity index (χ2n) is 7.01. The normalized spacial score (nSPS) is 24.1. The Balaban J connectivity index is 0.00000102. The monoisotopic (exact) mass is 388 g/mol. The molecule has 27 heavy (non-hydrogen) atoms. The summed E-state index contributed by atoms with van der Waals surface area (Å²) in [7, 11) is 3.98.